The third-order valence-corrected chi connectivity index (χ3v) is 7.67. The van der Waals surface area contributed by atoms with Crippen LogP contribution in [0.15, 0.2) is 120 Å². The molecule has 0 atom stereocenters. The van der Waals surface area contributed by atoms with E-state index in [1.165, 1.54) is 53.6 Å². The van der Waals surface area contributed by atoms with Gasteiger partial charge in [0, 0.05) is 24.6 Å². The number of thiophene rings is 1. The summed E-state index contributed by atoms with van der Waals surface area (Å²) in [6.07, 6.45) is 0. The molecule has 1 aromatic heterocycles. The van der Waals surface area contributed by atoms with Gasteiger partial charge < -0.3 is 0 Å². The van der Waals surface area contributed by atoms with E-state index in [-0.39, 0.29) is 0 Å². The van der Waals surface area contributed by atoms with E-state index in [0.29, 0.717) is 0 Å². The first-order chi connectivity index (χ1) is 15.8. The summed E-state index contributed by atoms with van der Waals surface area (Å²) in [4.78, 5) is 0. The maximum Gasteiger partial charge on any atom is 0.0433 e. The normalized spacial score (nSPS) is 11.3. The average Bonchev–Trinajstić information content (AvgIpc) is 3.23. The van der Waals surface area contributed by atoms with Crippen LogP contribution in [-0.2, 0) is 0 Å². The monoisotopic (exact) mass is 490 g/mol. The first-order valence-corrected chi connectivity index (χ1v) is 12.2. The molecule has 0 aliphatic rings. The van der Waals surface area contributed by atoms with Gasteiger partial charge in [-0.2, -0.15) is 0 Å². The summed E-state index contributed by atoms with van der Waals surface area (Å²) in [5.41, 5.74) is 7.47. The van der Waals surface area contributed by atoms with Crippen molar-refractivity contribution in [3.8, 4) is 33.4 Å². The lowest BCUT2D eigenvalue weighted by atomic mass is 9.97. The fourth-order valence-electron chi connectivity index (χ4n) is 4.36. The van der Waals surface area contributed by atoms with Gasteiger partial charge in [0.25, 0.3) is 0 Å². The number of halogens is 1. The Balaban J connectivity index is 1.39. The molecule has 0 unspecified atom stereocenters. The van der Waals surface area contributed by atoms with E-state index >= 15 is 0 Å². The SMILES string of the molecule is Brc1cccc(-c2cccc(-c3ccc(-c4cccc5c4sc4ccccc45)cc3)c2)c1. The molecule has 0 saturated heterocycles. The molecule has 5 aromatic carbocycles. The lowest BCUT2D eigenvalue weighted by Gasteiger charge is -2.09. The third-order valence-electron chi connectivity index (χ3n) is 5.95. The summed E-state index contributed by atoms with van der Waals surface area (Å²) < 4.78 is 3.80. The maximum absolute atomic E-state index is 3.58. The van der Waals surface area contributed by atoms with Crippen LogP contribution in [0.1, 0.15) is 0 Å². The molecule has 0 radical (unpaired) electrons. The highest BCUT2D eigenvalue weighted by atomic mass is 79.9. The van der Waals surface area contributed by atoms with Gasteiger partial charge in [0.15, 0.2) is 0 Å². The van der Waals surface area contributed by atoms with E-state index in [2.05, 4.69) is 131 Å². The van der Waals surface area contributed by atoms with Gasteiger partial charge >= 0.3 is 0 Å². The lowest BCUT2D eigenvalue weighted by Crippen LogP contribution is -1.83. The third kappa shape index (κ3) is 3.46. The second-order valence-corrected chi connectivity index (χ2v) is 9.92. The Labute approximate surface area is 199 Å². The molecular formula is C30H19BrS. The van der Waals surface area contributed by atoms with Gasteiger partial charge in [-0.25, -0.2) is 0 Å². The first-order valence-electron chi connectivity index (χ1n) is 10.6. The van der Waals surface area contributed by atoms with Gasteiger partial charge in [-0.1, -0.05) is 107 Å². The lowest BCUT2D eigenvalue weighted by molar-refractivity contribution is 1.57. The van der Waals surface area contributed by atoms with Crippen molar-refractivity contribution in [2.24, 2.45) is 0 Å². The van der Waals surface area contributed by atoms with Crippen LogP contribution in [0.5, 0.6) is 0 Å². The highest BCUT2D eigenvalue weighted by Gasteiger charge is 2.10. The van der Waals surface area contributed by atoms with Crippen LogP contribution in [0, 0.1) is 0 Å². The molecule has 0 aliphatic carbocycles. The largest absolute Gasteiger partial charge is 0.135 e. The van der Waals surface area contributed by atoms with E-state index in [1.807, 2.05) is 11.3 Å². The highest BCUT2D eigenvalue weighted by molar-refractivity contribution is 9.10. The fourth-order valence-corrected chi connectivity index (χ4v) is 6.00. The molecule has 32 heavy (non-hydrogen) atoms. The molecule has 0 bridgehead atoms. The number of rotatable bonds is 3. The first kappa shape index (κ1) is 19.5. The van der Waals surface area contributed by atoms with Crippen molar-refractivity contribution in [3.63, 3.8) is 0 Å². The van der Waals surface area contributed by atoms with E-state index in [1.54, 1.807) is 0 Å². The quantitative estimate of drug-likeness (QED) is 0.231. The summed E-state index contributed by atoms with van der Waals surface area (Å²) in [5, 5.41) is 2.68. The number of benzene rings is 5. The van der Waals surface area contributed by atoms with Crippen molar-refractivity contribution in [3.05, 3.63) is 120 Å². The predicted molar refractivity (Wildman–Crippen MR) is 143 cm³/mol. The second kappa shape index (κ2) is 8.05. The van der Waals surface area contributed by atoms with Crippen molar-refractivity contribution in [2.75, 3.05) is 0 Å². The summed E-state index contributed by atoms with van der Waals surface area (Å²) in [6, 6.07) is 41.5. The molecule has 0 fully saturated rings. The smallest absolute Gasteiger partial charge is 0.0433 e. The average molecular weight is 491 g/mol. The van der Waals surface area contributed by atoms with Crippen LogP contribution in [0.4, 0.5) is 0 Å². The molecule has 6 rings (SSSR count). The van der Waals surface area contributed by atoms with Gasteiger partial charge in [0.1, 0.15) is 0 Å². The summed E-state index contributed by atoms with van der Waals surface area (Å²) in [7, 11) is 0. The Morgan fingerprint density at radius 3 is 1.91 bits per heavy atom. The molecule has 0 amide bonds. The molecule has 0 saturated carbocycles. The topological polar surface area (TPSA) is 0 Å². The van der Waals surface area contributed by atoms with Gasteiger partial charge in [-0.3, -0.25) is 0 Å². The van der Waals surface area contributed by atoms with Gasteiger partial charge in [0.2, 0.25) is 0 Å². The van der Waals surface area contributed by atoms with Crippen LogP contribution in [0.25, 0.3) is 53.6 Å². The van der Waals surface area contributed by atoms with Gasteiger partial charge in [0.05, 0.1) is 0 Å². The molecule has 0 N–H and O–H groups in total. The van der Waals surface area contributed by atoms with Crippen LogP contribution >= 0.6 is 27.3 Å². The highest BCUT2D eigenvalue weighted by Crippen LogP contribution is 2.40. The van der Waals surface area contributed by atoms with Gasteiger partial charge in [-0.15, -0.1) is 11.3 Å². The van der Waals surface area contributed by atoms with E-state index < -0.39 is 0 Å². The molecule has 152 valence electrons. The van der Waals surface area contributed by atoms with E-state index in [9.17, 15) is 0 Å². The Kier molecular flexibility index (Phi) is 4.90. The molecule has 0 aliphatic heterocycles. The number of hydrogen-bond donors (Lipinski definition) is 0. The van der Waals surface area contributed by atoms with Crippen molar-refractivity contribution in [2.45, 2.75) is 0 Å². The van der Waals surface area contributed by atoms with E-state index in [0.717, 1.165) is 4.47 Å². The minimum atomic E-state index is 1.10. The van der Waals surface area contributed by atoms with Crippen molar-refractivity contribution >= 4 is 47.4 Å². The minimum absolute atomic E-state index is 1.10. The number of fused-ring (bicyclic) bond motifs is 3. The molecule has 2 heteroatoms. The Morgan fingerprint density at radius 2 is 1.09 bits per heavy atom. The van der Waals surface area contributed by atoms with Crippen molar-refractivity contribution in [1.29, 1.82) is 0 Å². The van der Waals surface area contributed by atoms with Crippen LogP contribution in [-0.4, -0.2) is 0 Å². The Bertz CT molecular complexity index is 1570. The zero-order valence-corrected chi connectivity index (χ0v) is 19.7. The minimum Gasteiger partial charge on any atom is -0.135 e. The predicted octanol–water partition coefficient (Wildman–Crippen LogP) is 9.82. The second-order valence-electron chi connectivity index (χ2n) is 7.95. The number of hydrogen-bond acceptors (Lipinski definition) is 1. The summed E-state index contributed by atoms with van der Waals surface area (Å²) in [5.74, 6) is 0. The van der Waals surface area contributed by atoms with Crippen LogP contribution in [0.2, 0.25) is 0 Å². The van der Waals surface area contributed by atoms with Crippen molar-refractivity contribution in [1.82, 2.24) is 0 Å². The zero-order valence-electron chi connectivity index (χ0n) is 17.3. The molecular weight excluding hydrogens is 472 g/mol. The molecule has 6 aromatic rings. The van der Waals surface area contributed by atoms with Crippen molar-refractivity contribution < 1.29 is 0 Å². The van der Waals surface area contributed by atoms with Gasteiger partial charge in [-0.05, 0) is 57.6 Å². The van der Waals surface area contributed by atoms with E-state index in [4.69, 9.17) is 0 Å². The summed E-state index contributed by atoms with van der Waals surface area (Å²) >= 11 is 5.46. The zero-order chi connectivity index (χ0) is 21.5. The molecule has 1 heterocycles. The fraction of sp³-hybridized carbons (Fsp3) is 0. The molecule has 0 nitrogen and oxygen atoms in total. The maximum atomic E-state index is 3.58. The summed E-state index contributed by atoms with van der Waals surface area (Å²) in [6.45, 7) is 0. The standard InChI is InChI=1S/C30H19BrS/c31-25-9-4-8-24(19-25)23-7-3-6-22(18-23)20-14-16-21(17-15-20)26-11-5-12-28-27-10-1-2-13-29(27)32-30(26)28/h1-19H. The Morgan fingerprint density at radius 1 is 0.469 bits per heavy atom. The molecule has 0 spiro atoms. The van der Waals surface area contributed by atoms with Crippen LogP contribution in [0.3, 0.4) is 0 Å². The van der Waals surface area contributed by atoms with Crippen LogP contribution < -0.4 is 0 Å². The Hall–Kier alpha value is -3.20.